The fraction of sp³-hybridized carbons (Fsp3) is 1.00. The van der Waals surface area contributed by atoms with Gasteiger partial charge < -0.3 is 10.2 Å². The SMILES string of the molecule is CNC1CCC(C)(C)CC1N(C)CC1CCC1. The monoisotopic (exact) mass is 238 g/mol. The molecule has 2 unspecified atom stereocenters. The van der Waals surface area contributed by atoms with E-state index >= 15 is 0 Å². The van der Waals surface area contributed by atoms with E-state index in [2.05, 4.69) is 38.2 Å². The second kappa shape index (κ2) is 5.27. The summed E-state index contributed by atoms with van der Waals surface area (Å²) in [7, 11) is 4.47. The van der Waals surface area contributed by atoms with Crippen LogP contribution in [0.15, 0.2) is 0 Å². The first-order valence-corrected chi connectivity index (χ1v) is 7.39. The van der Waals surface area contributed by atoms with Gasteiger partial charge in [0.25, 0.3) is 0 Å². The van der Waals surface area contributed by atoms with Crippen LogP contribution in [0.2, 0.25) is 0 Å². The van der Waals surface area contributed by atoms with Crippen molar-refractivity contribution in [3.8, 4) is 0 Å². The van der Waals surface area contributed by atoms with Crippen molar-refractivity contribution >= 4 is 0 Å². The molecule has 2 heteroatoms. The smallest absolute Gasteiger partial charge is 0.0251 e. The lowest BCUT2D eigenvalue weighted by Crippen LogP contribution is -2.53. The Kier molecular flexibility index (Phi) is 4.14. The highest BCUT2D eigenvalue weighted by atomic mass is 15.2. The molecule has 0 aromatic rings. The van der Waals surface area contributed by atoms with Gasteiger partial charge in [0.05, 0.1) is 0 Å². The number of nitrogens with zero attached hydrogens (tertiary/aromatic N) is 1. The van der Waals surface area contributed by atoms with E-state index in [0.717, 1.165) is 12.0 Å². The molecule has 0 heterocycles. The normalized spacial score (nSPS) is 33.7. The Morgan fingerprint density at radius 3 is 2.47 bits per heavy atom. The van der Waals surface area contributed by atoms with Crippen LogP contribution in [0.1, 0.15) is 52.4 Å². The predicted octanol–water partition coefficient (Wildman–Crippen LogP) is 2.89. The molecule has 2 atom stereocenters. The van der Waals surface area contributed by atoms with Crippen LogP contribution in [0.5, 0.6) is 0 Å². The molecule has 0 aromatic heterocycles. The highest BCUT2D eigenvalue weighted by Crippen LogP contribution is 2.38. The molecular weight excluding hydrogens is 208 g/mol. The summed E-state index contributed by atoms with van der Waals surface area (Å²) in [5, 5.41) is 3.54. The third-order valence-electron chi connectivity index (χ3n) is 5.07. The van der Waals surface area contributed by atoms with Crippen molar-refractivity contribution in [2.24, 2.45) is 11.3 Å². The highest BCUT2D eigenvalue weighted by Gasteiger charge is 2.37. The average Bonchev–Trinajstić information content (AvgIpc) is 2.22. The zero-order valence-electron chi connectivity index (χ0n) is 12.1. The summed E-state index contributed by atoms with van der Waals surface area (Å²) in [6.45, 7) is 6.19. The third kappa shape index (κ3) is 3.23. The number of nitrogens with one attached hydrogen (secondary N) is 1. The van der Waals surface area contributed by atoms with Gasteiger partial charge in [0, 0.05) is 18.6 Å². The van der Waals surface area contributed by atoms with Crippen LogP contribution in [0.25, 0.3) is 0 Å². The molecule has 0 spiro atoms. The van der Waals surface area contributed by atoms with E-state index < -0.39 is 0 Å². The Balaban J connectivity index is 1.93. The van der Waals surface area contributed by atoms with E-state index in [0.29, 0.717) is 11.5 Å². The minimum atomic E-state index is 0.534. The van der Waals surface area contributed by atoms with Crippen molar-refractivity contribution < 1.29 is 0 Å². The first kappa shape index (κ1) is 13.4. The lowest BCUT2D eigenvalue weighted by atomic mass is 9.72. The molecule has 2 nitrogen and oxygen atoms in total. The number of likely N-dealkylation sites (N-methyl/N-ethyl adjacent to an activating group) is 2. The third-order valence-corrected chi connectivity index (χ3v) is 5.07. The molecule has 100 valence electrons. The molecule has 0 radical (unpaired) electrons. The molecule has 0 saturated heterocycles. The average molecular weight is 238 g/mol. The van der Waals surface area contributed by atoms with E-state index in [1.807, 2.05) is 0 Å². The van der Waals surface area contributed by atoms with Crippen molar-refractivity contribution in [3.63, 3.8) is 0 Å². The van der Waals surface area contributed by atoms with Crippen LogP contribution in [-0.2, 0) is 0 Å². The lowest BCUT2D eigenvalue weighted by Gasteiger charge is -2.46. The van der Waals surface area contributed by atoms with E-state index in [9.17, 15) is 0 Å². The van der Waals surface area contributed by atoms with Gasteiger partial charge in [-0.25, -0.2) is 0 Å². The molecule has 0 bridgehead atoms. The van der Waals surface area contributed by atoms with Gasteiger partial charge in [-0.1, -0.05) is 20.3 Å². The van der Waals surface area contributed by atoms with Crippen LogP contribution in [0, 0.1) is 11.3 Å². The van der Waals surface area contributed by atoms with Crippen molar-refractivity contribution in [1.82, 2.24) is 10.2 Å². The summed E-state index contributed by atoms with van der Waals surface area (Å²) in [6.07, 6.45) is 8.44. The largest absolute Gasteiger partial charge is 0.315 e. The van der Waals surface area contributed by atoms with Crippen LogP contribution in [-0.4, -0.2) is 37.6 Å². The van der Waals surface area contributed by atoms with Crippen LogP contribution in [0.3, 0.4) is 0 Å². The van der Waals surface area contributed by atoms with E-state index in [4.69, 9.17) is 0 Å². The lowest BCUT2D eigenvalue weighted by molar-refractivity contribution is 0.0640. The number of hydrogen-bond donors (Lipinski definition) is 1. The predicted molar refractivity (Wildman–Crippen MR) is 74.2 cm³/mol. The minimum Gasteiger partial charge on any atom is -0.315 e. The molecule has 2 rings (SSSR count). The van der Waals surface area contributed by atoms with E-state index in [1.54, 1.807) is 0 Å². The molecule has 2 aliphatic rings. The fourth-order valence-corrected chi connectivity index (χ4v) is 3.57. The van der Waals surface area contributed by atoms with Crippen molar-refractivity contribution in [1.29, 1.82) is 0 Å². The van der Waals surface area contributed by atoms with Gasteiger partial charge in [-0.15, -0.1) is 0 Å². The maximum Gasteiger partial charge on any atom is 0.0251 e. The standard InChI is InChI=1S/C15H30N2/c1-15(2)9-8-13(16-3)14(10-15)17(4)11-12-6-5-7-12/h12-14,16H,5-11H2,1-4H3. The zero-order chi connectivity index (χ0) is 12.5. The molecule has 0 aromatic carbocycles. The Morgan fingerprint density at radius 2 is 1.94 bits per heavy atom. The van der Waals surface area contributed by atoms with Crippen molar-refractivity contribution in [2.75, 3.05) is 20.6 Å². The van der Waals surface area contributed by atoms with E-state index in [-0.39, 0.29) is 0 Å². The second-order valence-corrected chi connectivity index (χ2v) is 7.11. The Bertz CT molecular complexity index is 245. The maximum absolute atomic E-state index is 3.54. The Hall–Kier alpha value is -0.0800. The first-order valence-electron chi connectivity index (χ1n) is 7.39. The summed E-state index contributed by atoms with van der Waals surface area (Å²) in [6, 6.07) is 1.44. The van der Waals surface area contributed by atoms with Gasteiger partial charge in [0.1, 0.15) is 0 Å². The quantitative estimate of drug-likeness (QED) is 0.810. The van der Waals surface area contributed by atoms with Gasteiger partial charge in [-0.3, -0.25) is 0 Å². The van der Waals surface area contributed by atoms with Gasteiger partial charge in [-0.2, -0.15) is 0 Å². The topological polar surface area (TPSA) is 15.3 Å². The Morgan fingerprint density at radius 1 is 1.24 bits per heavy atom. The van der Waals surface area contributed by atoms with Crippen LogP contribution in [0.4, 0.5) is 0 Å². The van der Waals surface area contributed by atoms with E-state index in [1.165, 1.54) is 45.1 Å². The minimum absolute atomic E-state index is 0.534. The number of rotatable bonds is 4. The molecule has 2 aliphatic carbocycles. The number of hydrogen-bond acceptors (Lipinski definition) is 2. The molecule has 2 saturated carbocycles. The van der Waals surface area contributed by atoms with Crippen LogP contribution >= 0.6 is 0 Å². The van der Waals surface area contributed by atoms with Gasteiger partial charge in [0.15, 0.2) is 0 Å². The van der Waals surface area contributed by atoms with Gasteiger partial charge >= 0.3 is 0 Å². The first-order chi connectivity index (χ1) is 8.02. The summed E-state index contributed by atoms with van der Waals surface area (Å²) in [4.78, 5) is 2.64. The summed E-state index contributed by atoms with van der Waals surface area (Å²) in [5.41, 5.74) is 0.534. The molecule has 17 heavy (non-hydrogen) atoms. The maximum atomic E-state index is 3.54. The summed E-state index contributed by atoms with van der Waals surface area (Å²) in [5.74, 6) is 0.988. The molecule has 0 aliphatic heterocycles. The summed E-state index contributed by atoms with van der Waals surface area (Å²) < 4.78 is 0. The molecule has 2 fully saturated rings. The van der Waals surface area contributed by atoms with Gasteiger partial charge in [-0.05, 0) is 57.5 Å². The van der Waals surface area contributed by atoms with Crippen LogP contribution < -0.4 is 5.32 Å². The fourth-order valence-electron chi connectivity index (χ4n) is 3.57. The molecular formula is C15H30N2. The second-order valence-electron chi connectivity index (χ2n) is 7.11. The van der Waals surface area contributed by atoms with Gasteiger partial charge in [0.2, 0.25) is 0 Å². The van der Waals surface area contributed by atoms with Crippen molar-refractivity contribution in [3.05, 3.63) is 0 Å². The Labute approximate surface area is 107 Å². The van der Waals surface area contributed by atoms with Crippen molar-refractivity contribution in [2.45, 2.75) is 64.5 Å². The molecule has 0 amide bonds. The zero-order valence-corrected chi connectivity index (χ0v) is 12.1. The molecule has 1 N–H and O–H groups in total. The highest BCUT2D eigenvalue weighted by molar-refractivity contribution is 4.93. The summed E-state index contributed by atoms with van der Waals surface area (Å²) >= 11 is 0.